The average molecular weight is 542 g/mol. The smallest absolute Gasteiger partial charge is 0.275 e. The van der Waals surface area contributed by atoms with Crippen LogP contribution in [-0.4, -0.2) is 58.4 Å². The van der Waals surface area contributed by atoms with E-state index in [1.165, 1.54) is 18.8 Å². The van der Waals surface area contributed by atoms with Crippen LogP contribution < -0.4 is 15.0 Å². The fourth-order valence-corrected chi connectivity index (χ4v) is 4.85. The Kier molecular flexibility index (Phi) is 7.99. The zero-order chi connectivity index (χ0) is 27.6. The van der Waals surface area contributed by atoms with Gasteiger partial charge >= 0.3 is 0 Å². The van der Waals surface area contributed by atoms with Crippen LogP contribution in [0.1, 0.15) is 54.9 Å². The van der Waals surface area contributed by atoms with Crippen LogP contribution in [0.4, 0.5) is 0 Å². The second-order valence-electron chi connectivity index (χ2n) is 10.0. The van der Waals surface area contributed by atoms with E-state index in [0.717, 1.165) is 5.56 Å². The average Bonchev–Trinajstić information content (AvgIpc) is 3.37. The van der Waals surface area contributed by atoms with E-state index in [-0.39, 0.29) is 24.0 Å². The molecular formula is C28H32ClN3O6. The van der Waals surface area contributed by atoms with Crippen molar-refractivity contribution in [2.75, 3.05) is 27.3 Å². The van der Waals surface area contributed by atoms with E-state index in [0.29, 0.717) is 36.0 Å². The minimum atomic E-state index is -0.751. The van der Waals surface area contributed by atoms with Crippen molar-refractivity contribution in [2.24, 2.45) is 0 Å². The molecule has 2 aromatic carbocycles. The van der Waals surface area contributed by atoms with Crippen LogP contribution >= 0.6 is 11.6 Å². The summed E-state index contributed by atoms with van der Waals surface area (Å²) in [6, 6.07) is 12.6. The highest BCUT2D eigenvalue weighted by molar-refractivity contribution is 6.31. The predicted octanol–water partition coefficient (Wildman–Crippen LogP) is 4.55. The van der Waals surface area contributed by atoms with Gasteiger partial charge in [-0.1, -0.05) is 35.9 Å². The molecule has 1 N–H and O–H groups in total. The Balaban J connectivity index is 1.81. The van der Waals surface area contributed by atoms with Crippen molar-refractivity contribution in [3.8, 4) is 23.1 Å². The van der Waals surface area contributed by atoms with E-state index in [4.69, 9.17) is 25.8 Å². The van der Waals surface area contributed by atoms with Gasteiger partial charge in [-0.15, -0.1) is 0 Å². The molecule has 0 saturated carbocycles. The van der Waals surface area contributed by atoms with E-state index in [1.54, 1.807) is 23.1 Å². The first-order valence-corrected chi connectivity index (χ1v) is 12.7. The normalized spacial score (nSPS) is 15.5. The molecule has 202 valence electrons. The number of ether oxygens (including phenoxy) is 3. The van der Waals surface area contributed by atoms with Crippen LogP contribution in [0.5, 0.6) is 17.4 Å². The Morgan fingerprint density at radius 3 is 2.37 bits per heavy atom. The standard InChI is InChI=1S/C28H32ClN3O6/c1-28(2,3)38-16-22-30-25(33)23(27(35)32(22)24-20(36-4)11-8-12-21(24)37-5)26(34)31-14-13-17(15-31)18-9-6-7-10-19(18)29/h6-12,17,33H,13-16H2,1-5H3. The van der Waals surface area contributed by atoms with Crippen LogP contribution in [0.15, 0.2) is 47.3 Å². The Labute approximate surface area is 226 Å². The molecule has 1 aliphatic heterocycles. The summed E-state index contributed by atoms with van der Waals surface area (Å²) in [6.45, 7) is 6.23. The van der Waals surface area contributed by atoms with Crippen LogP contribution in [0.25, 0.3) is 5.69 Å². The number of hydrogen-bond donors (Lipinski definition) is 1. The molecule has 1 amide bonds. The van der Waals surface area contributed by atoms with Crippen molar-refractivity contribution in [3.63, 3.8) is 0 Å². The number of methoxy groups -OCH3 is 2. The minimum absolute atomic E-state index is 0.0127. The number of rotatable bonds is 7. The lowest BCUT2D eigenvalue weighted by Crippen LogP contribution is -2.37. The van der Waals surface area contributed by atoms with Crippen LogP contribution in [0.3, 0.4) is 0 Å². The number of nitrogens with zero attached hydrogens (tertiary/aromatic N) is 3. The van der Waals surface area contributed by atoms with E-state index in [1.807, 2.05) is 45.0 Å². The number of hydrogen-bond acceptors (Lipinski definition) is 7. The van der Waals surface area contributed by atoms with Crippen molar-refractivity contribution in [1.82, 2.24) is 14.5 Å². The number of halogens is 1. The quantitative estimate of drug-likeness (QED) is 0.468. The lowest BCUT2D eigenvalue weighted by atomic mass is 9.98. The second-order valence-corrected chi connectivity index (χ2v) is 10.4. The molecule has 1 aromatic heterocycles. The highest BCUT2D eigenvalue weighted by atomic mass is 35.5. The van der Waals surface area contributed by atoms with Crippen molar-refractivity contribution < 1.29 is 24.1 Å². The molecule has 10 heteroatoms. The SMILES string of the molecule is COc1cccc(OC)c1-n1c(COC(C)(C)C)nc(O)c(C(=O)N2CCC(c3ccccc3Cl)C2)c1=O. The topological polar surface area (TPSA) is 103 Å². The fourth-order valence-electron chi connectivity index (χ4n) is 4.56. The molecular weight excluding hydrogens is 510 g/mol. The number of benzene rings is 2. The number of para-hydroxylation sites is 1. The van der Waals surface area contributed by atoms with Gasteiger partial charge in [0.1, 0.15) is 29.6 Å². The minimum Gasteiger partial charge on any atom is -0.494 e. The Bertz CT molecular complexity index is 1380. The molecule has 4 rings (SSSR count). The number of aromatic nitrogens is 2. The van der Waals surface area contributed by atoms with Crippen molar-refractivity contribution in [1.29, 1.82) is 0 Å². The molecule has 0 aliphatic carbocycles. The molecule has 1 saturated heterocycles. The van der Waals surface area contributed by atoms with E-state index in [2.05, 4.69) is 4.98 Å². The summed E-state index contributed by atoms with van der Waals surface area (Å²) in [7, 11) is 2.93. The third kappa shape index (κ3) is 5.49. The molecule has 0 spiro atoms. The Morgan fingerprint density at radius 1 is 1.11 bits per heavy atom. The van der Waals surface area contributed by atoms with Crippen LogP contribution in [0, 0.1) is 0 Å². The van der Waals surface area contributed by atoms with Gasteiger partial charge in [0.15, 0.2) is 5.56 Å². The van der Waals surface area contributed by atoms with Gasteiger partial charge in [-0.3, -0.25) is 14.2 Å². The van der Waals surface area contributed by atoms with Gasteiger partial charge in [-0.05, 0) is 51.0 Å². The Morgan fingerprint density at radius 2 is 1.76 bits per heavy atom. The van der Waals surface area contributed by atoms with Gasteiger partial charge < -0.3 is 24.2 Å². The zero-order valence-electron chi connectivity index (χ0n) is 22.2. The van der Waals surface area contributed by atoms with Crippen molar-refractivity contribution in [2.45, 2.75) is 45.3 Å². The molecule has 3 aromatic rings. The molecule has 1 fully saturated rings. The molecule has 9 nitrogen and oxygen atoms in total. The first-order chi connectivity index (χ1) is 18.1. The number of likely N-dealkylation sites (tertiary alicyclic amines) is 1. The molecule has 0 bridgehead atoms. The number of carbonyl (C=O) groups is 1. The van der Waals surface area contributed by atoms with Crippen LogP contribution in [0.2, 0.25) is 5.02 Å². The highest BCUT2D eigenvalue weighted by Gasteiger charge is 2.34. The molecule has 1 atom stereocenters. The van der Waals surface area contributed by atoms with E-state index in [9.17, 15) is 14.7 Å². The lowest BCUT2D eigenvalue weighted by molar-refractivity contribution is -0.0193. The first-order valence-electron chi connectivity index (χ1n) is 12.3. The van der Waals surface area contributed by atoms with Gasteiger partial charge in [0.25, 0.3) is 11.5 Å². The summed E-state index contributed by atoms with van der Waals surface area (Å²) in [5, 5.41) is 11.5. The van der Waals surface area contributed by atoms with Crippen molar-refractivity contribution >= 4 is 17.5 Å². The maximum absolute atomic E-state index is 14.0. The largest absolute Gasteiger partial charge is 0.494 e. The summed E-state index contributed by atoms with van der Waals surface area (Å²) in [5.74, 6) is -0.501. The predicted molar refractivity (Wildman–Crippen MR) is 144 cm³/mol. The van der Waals surface area contributed by atoms with Gasteiger partial charge in [0, 0.05) is 24.0 Å². The monoisotopic (exact) mass is 541 g/mol. The molecule has 1 aliphatic rings. The lowest BCUT2D eigenvalue weighted by Gasteiger charge is -2.23. The third-order valence-electron chi connectivity index (χ3n) is 6.43. The number of aromatic hydroxyl groups is 1. The summed E-state index contributed by atoms with van der Waals surface area (Å²) in [6.07, 6.45) is 0.676. The summed E-state index contributed by atoms with van der Waals surface area (Å²) in [5.41, 5.74) is -0.540. The van der Waals surface area contributed by atoms with Crippen molar-refractivity contribution in [3.05, 3.63) is 74.8 Å². The van der Waals surface area contributed by atoms with E-state index >= 15 is 0 Å². The Hall–Kier alpha value is -3.56. The summed E-state index contributed by atoms with van der Waals surface area (Å²) in [4.78, 5) is 33.5. The maximum Gasteiger partial charge on any atom is 0.275 e. The third-order valence-corrected chi connectivity index (χ3v) is 6.77. The van der Waals surface area contributed by atoms with Gasteiger partial charge in [0.2, 0.25) is 5.88 Å². The summed E-state index contributed by atoms with van der Waals surface area (Å²) >= 11 is 6.38. The molecule has 0 radical (unpaired) electrons. The van der Waals surface area contributed by atoms with Gasteiger partial charge in [-0.25, -0.2) is 0 Å². The number of amides is 1. The highest BCUT2D eigenvalue weighted by Crippen LogP contribution is 2.35. The first kappa shape index (κ1) is 27.5. The van der Waals surface area contributed by atoms with E-state index < -0.39 is 28.5 Å². The second kappa shape index (κ2) is 11.0. The molecule has 38 heavy (non-hydrogen) atoms. The molecule has 1 unspecified atom stereocenters. The van der Waals surface area contributed by atoms with Gasteiger partial charge in [0.05, 0.1) is 19.8 Å². The van der Waals surface area contributed by atoms with Crippen LogP contribution in [-0.2, 0) is 11.3 Å². The zero-order valence-corrected chi connectivity index (χ0v) is 22.9. The van der Waals surface area contributed by atoms with Gasteiger partial charge in [-0.2, -0.15) is 4.98 Å². The molecule has 2 heterocycles. The fraction of sp³-hybridized carbons (Fsp3) is 0.393. The number of carbonyl (C=O) groups excluding carboxylic acids is 1. The summed E-state index contributed by atoms with van der Waals surface area (Å²) < 4.78 is 18.2. The maximum atomic E-state index is 14.0.